The van der Waals surface area contributed by atoms with Crippen LogP contribution >= 0.6 is 0 Å². The van der Waals surface area contributed by atoms with Crippen LogP contribution in [0, 0.1) is 31.9 Å². The standard InChI is InChI=1S/C8H6FNO4.C7H4FNO4.C4H12Si/c1-14-8(11)6-4-5(9)2-3-7(6)10(12)13;8-4-1-2-6(9(12)13)5(3-4)7(10)11;1-5(2,3)4/h2-4H,1H3;1-3H,(H,10,11);1-4H3. The van der Waals surface area contributed by atoms with Crippen LogP contribution in [0.2, 0.25) is 26.2 Å². The molecule has 10 nitrogen and oxygen atoms in total. The van der Waals surface area contributed by atoms with Gasteiger partial charge in [0.15, 0.2) is 0 Å². The molecule has 0 amide bonds. The largest absolute Gasteiger partial charge is 0.477 e. The number of nitro groups is 2. The highest BCUT2D eigenvalue weighted by Crippen LogP contribution is 2.20. The smallest absolute Gasteiger partial charge is 0.344 e. The van der Waals surface area contributed by atoms with Crippen molar-refractivity contribution in [1.82, 2.24) is 0 Å². The number of nitro benzene ring substituents is 2. The molecule has 13 heteroatoms. The number of nitrogens with zero attached hydrogens (tertiary/aromatic N) is 2. The zero-order valence-corrected chi connectivity index (χ0v) is 18.9. The van der Waals surface area contributed by atoms with E-state index in [1.807, 2.05) is 0 Å². The molecule has 2 aromatic carbocycles. The molecular formula is C19H22F2N2O8Si. The highest BCUT2D eigenvalue weighted by atomic mass is 28.3. The summed E-state index contributed by atoms with van der Waals surface area (Å²) >= 11 is 0. The summed E-state index contributed by atoms with van der Waals surface area (Å²) in [6.07, 6.45) is 0. The maximum absolute atomic E-state index is 12.7. The Morgan fingerprint density at radius 2 is 1.22 bits per heavy atom. The second kappa shape index (κ2) is 12.2. The van der Waals surface area contributed by atoms with Crippen LogP contribution in [0.5, 0.6) is 0 Å². The summed E-state index contributed by atoms with van der Waals surface area (Å²) in [4.78, 5) is 40.4. The molecule has 0 saturated carbocycles. The number of rotatable bonds is 4. The molecular weight excluding hydrogens is 450 g/mol. The molecule has 0 radical (unpaired) electrons. The first-order valence-corrected chi connectivity index (χ1v) is 12.8. The number of carboxylic acids is 1. The van der Waals surface area contributed by atoms with Crippen molar-refractivity contribution in [2.24, 2.45) is 0 Å². The van der Waals surface area contributed by atoms with E-state index in [-0.39, 0.29) is 0 Å². The zero-order valence-electron chi connectivity index (χ0n) is 17.9. The van der Waals surface area contributed by atoms with Gasteiger partial charge >= 0.3 is 11.9 Å². The van der Waals surface area contributed by atoms with Gasteiger partial charge < -0.3 is 9.84 Å². The molecule has 32 heavy (non-hydrogen) atoms. The third kappa shape index (κ3) is 10.3. The average molecular weight is 472 g/mol. The third-order valence-corrected chi connectivity index (χ3v) is 2.95. The van der Waals surface area contributed by atoms with Crippen molar-refractivity contribution in [2.75, 3.05) is 7.11 Å². The number of hydrogen-bond acceptors (Lipinski definition) is 7. The van der Waals surface area contributed by atoms with Gasteiger partial charge in [-0.05, 0) is 24.3 Å². The normalized spacial score (nSPS) is 9.97. The number of carboxylic acid groups (broad SMARTS) is 1. The molecule has 2 rings (SSSR count). The molecule has 0 aromatic heterocycles. The van der Waals surface area contributed by atoms with Gasteiger partial charge in [-0.1, -0.05) is 26.2 Å². The summed E-state index contributed by atoms with van der Waals surface area (Å²) in [5.41, 5.74) is -2.13. The van der Waals surface area contributed by atoms with Crippen molar-refractivity contribution in [1.29, 1.82) is 0 Å². The molecule has 0 bridgehead atoms. The molecule has 2 aromatic rings. The third-order valence-electron chi connectivity index (χ3n) is 2.95. The topological polar surface area (TPSA) is 150 Å². The minimum absolute atomic E-state index is 0.391. The van der Waals surface area contributed by atoms with Crippen molar-refractivity contribution in [3.8, 4) is 0 Å². The fraction of sp³-hybridized carbons (Fsp3) is 0.263. The monoisotopic (exact) mass is 472 g/mol. The van der Waals surface area contributed by atoms with E-state index < -0.39 is 64.0 Å². The summed E-state index contributed by atoms with van der Waals surface area (Å²) in [6.45, 7) is 9.31. The summed E-state index contributed by atoms with van der Waals surface area (Å²) in [7, 11) is 0.455. The molecule has 0 heterocycles. The van der Waals surface area contributed by atoms with Crippen molar-refractivity contribution in [2.45, 2.75) is 26.2 Å². The Kier molecular flexibility index (Phi) is 10.8. The van der Waals surface area contributed by atoms with Gasteiger partial charge in [-0.3, -0.25) is 20.2 Å². The Balaban J connectivity index is 0.000000499. The number of halogens is 2. The Morgan fingerprint density at radius 3 is 1.53 bits per heavy atom. The number of hydrogen-bond donors (Lipinski definition) is 1. The van der Waals surface area contributed by atoms with E-state index in [2.05, 4.69) is 30.9 Å². The Labute approximate surface area is 182 Å². The predicted octanol–water partition coefficient (Wildman–Crippen LogP) is 4.91. The molecule has 0 unspecified atom stereocenters. The van der Waals surface area contributed by atoms with E-state index in [1.165, 1.54) is 0 Å². The molecule has 0 spiro atoms. The van der Waals surface area contributed by atoms with Crippen LogP contribution in [0.1, 0.15) is 20.7 Å². The fourth-order valence-corrected chi connectivity index (χ4v) is 1.78. The molecule has 0 aliphatic heterocycles. The lowest BCUT2D eigenvalue weighted by Crippen LogP contribution is -2.10. The number of carbonyl (C=O) groups excluding carboxylic acids is 1. The lowest BCUT2D eigenvalue weighted by atomic mass is 10.2. The van der Waals surface area contributed by atoms with Gasteiger partial charge in [-0.15, -0.1) is 0 Å². The second-order valence-electron chi connectivity index (χ2n) is 7.63. The summed E-state index contributed by atoms with van der Waals surface area (Å²) in [5, 5.41) is 29.2. The first kappa shape index (κ1) is 28.3. The molecule has 0 aliphatic rings. The second-order valence-corrected chi connectivity index (χ2v) is 13.6. The van der Waals surface area contributed by atoms with Gasteiger partial charge in [0, 0.05) is 20.2 Å². The van der Waals surface area contributed by atoms with Crippen molar-refractivity contribution < 1.29 is 38.1 Å². The molecule has 0 aliphatic carbocycles. The van der Waals surface area contributed by atoms with Crippen molar-refractivity contribution in [3.05, 3.63) is 79.4 Å². The number of esters is 1. The molecule has 0 fully saturated rings. The fourth-order valence-electron chi connectivity index (χ4n) is 1.78. The SMILES string of the molecule is COC(=O)c1cc(F)ccc1[N+](=O)[O-].C[Si](C)(C)C.O=C(O)c1cc(F)ccc1[N+](=O)[O-]. The maximum atomic E-state index is 12.7. The molecule has 174 valence electrons. The van der Waals surface area contributed by atoms with Crippen LogP contribution in [0.25, 0.3) is 0 Å². The Bertz CT molecular complexity index is 1000. The van der Waals surface area contributed by atoms with E-state index in [4.69, 9.17) is 5.11 Å². The minimum atomic E-state index is -1.52. The number of methoxy groups -OCH3 is 1. The number of ether oxygens (including phenoxy) is 1. The number of aromatic carboxylic acids is 1. The average Bonchev–Trinajstić information content (AvgIpc) is 2.65. The predicted molar refractivity (Wildman–Crippen MR) is 114 cm³/mol. The summed E-state index contributed by atoms with van der Waals surface area (Å²) in [6, 6.07) is 4.86. The van der Waals surface area contributed by atoms with E-state index in [0.717, 1.165) is 37.4 Å². The van der Waals surface area contributed by atoms with Gasteiger partial charge in [0.25, 0.3) is 11.4 Å². The van der Waals surface area contributed by atoms with E-state index >= 15 is 0 Å². The van der Waals surface area contributed by atoms with Crippen LogP contribution < -0.4 is 0 Å². The van der Waals surface area contributed by atoms with E-state index in [1.54, 1.807) is 0 Å². The lowest BCUT2D eigenvalue weighted by Gasteiger charge is -2.01. The van der Waals surface area contributed by atoms with E-state index in [0.29, 0.717) is 6.07 Å². The first-order chi connectivity index (χ1) is 14.6. The Hall–Kier alpha value is -3.74. The summed E-state index contributed by atoms with van der Waals surface area (Å²) in [5.74, 6) is -4.00. The Morgan fingerprint density at radius 1 is 0.875 bits per heavy atom. The molecule has 1 N–H and O–H groups in total. The highest BCUT2D eigenvalue weighted by Gasteiger charge is 2.21. The van der Waals surface area contributed by atoms with Crippen molar-refractivity contribution in [3.63, 3.8) is 0 Å². The van der Waals surface area contributed by atoms with Gasteiger partial charge in [-0.2, -0.15) is 0 Å². The van der Waals surface area contributed by atoms with E-state index in [9.17, 15) is 38.6 Å². The van der Waals surface area contributed by atoms with Gasteiger partial charge in [0.1, 0.15) is 22.8 Å². The first-order valence-electron chi connectivity index (χ1n) is 8.78. The van der Waals surface area contributed by atoms with Crippen molar-refractivity contribution >= 4 is 31.4 Å². The van der Waals surface area contributed by atoms with Crippen LogP contribution in [0.15, 0.2) is 36.4 Å². The quantitative estimate of drug-likeness (QED) is 0.285. The van der Waals surface area contributed by atoms with Crippen LogP contribution in [-0.4, -0.2) is 42.1 Å². The lowest BCUT2D eigenvalue weighted by molar-refractivity contribution is -0.385. The molecule has 0 atom stereocenters. The highest BCUT2D eigenvalue weighted by molar-refractivity contribution is 6.74. The number of carbonyl (C=O) groups is 2. The zero-order chi connectivity index (χ0) is 25.2. The van der Waals surface area contributed by atoms with Gasteiger partial charge in [0.05, 0.1) is 17.0 Å². The van der Waals surface area contributed by atoms with Crippen LogP contribution in [-0.2, 0) is 4.74 Å². The van der Waals surface area contributed by atoms with Gasteiger partial charge in [0.2, 0.25) is 0 Å². The van der Waals surface area contributed by atoms with Crippen LogP contribution in [0.4, 0.5) is 20.2 Å². The minimum Gasteiger partial charge on any atom is -0.477 e. The van der Waals surface area contributed by atoms with Gasteiger partial charge in [-0.25, -0.2) is 18.4 Å². The summed E-state index contributed by atoms with van der Waals surface area (Å²) < 4.78 is 29.4. The van der Waals surface area contributed by atoms with Crippen LogP contribution in [0.3, 0.4) is 0 Å². The molecule has 0 saturated heterocycles. The number of benzene rings is 2. The maximum Gasteiger partial charge on any atom is 0.344 e.